The number of nitriles is 1. The molecule has 9 nitrogen and oxygen atoms in total. The van der Waals surface area contributed by atoms with Crippen molar-refractivity contribution in [2.75, 3.05) is 20.2 Å². The standard InChI is InChI=1S/C23H20F3N3O6S/c1-35-22(32)15-8-6-14(7-9-15)21(31)29-13-16(12-18(29)20(30)28-11-10-27)36(33,34)19-5-3-2-4-17(19)23(24,25)26/h2-9,16,18H,11-13H2,1H3,(H,28,30)/t16-,18+/m1/s1. The van der Waals surface area contributed by atoms with Gasteiger partial charge in [-0.25, -0.2) is 13.2 Å². The number of sulfone groups is 1. The first-order valence-corrected chi connectivity index (χ1v) is 12.0. The number of hydrogen-bond donors (Lipinski definition) is 1. The number of esters is 1. The third-order valence-electron chi connectivity index (χ3n) is 5.66. The van der Waals surface area contributed by atoms with Crippen LogP contribution in [0.1, 0.15) is 32.7 Å². The Labute approximate surface area is 204 Å². The molecule has 1 saturated heterocycles. The number of amides is 2. The van der Waals surface area contributed by atoms with Crippen molar-refractivity contribution >= 4 is 27.6 Å². The van der Waals surface area contributed by atoms with Gasteiger partial charge in [-0.05, 0) is 42.8 Å². The maximum Gasteiger partial charge on any atom is 0.417 e. The van der Waals surface area contributed by atoms with Crippen LogP contribution in [0.3, 0.4) is 0 Å². The summed E-state index contributed by atoms with van der Waals surface area (Å²) in [4.78, 5) is 37.5. The van der Waals surface area contributed by atoms with E-state index in [1.54, 1.807) is 6.07 Å². The summed E-state index contributed by atoms with van der Waals surface area (Å²) in [6.07, 6.45) is -5.42. The average molecular weight is 523 g/mol. The summed E-state index contributed by atoms with van der Waals surface area (Å²) < 4.78 is 71.6. The van der Waals surface area contributed by atoms with Crippen LogP contribution in [0.5, 0.6) is 0 Å². The van der Waals surface area contributed by atoms with E-state index in [4.69, 9.17) is 5.26 Å². The number of alkyl halides is 3. The van der Waals surface area contributed by atoms with E-state index in [0.29, 0.717) is 6.07 Å². The molecule has 1 N–H and O–H groups in total. The maximum absolute atomic E-state index is 13.5. The lowest BCUT2D eigenvalue weighted by Crippen LogP contribution is -2.46. The van der Waals surface area contributed by atoms with Crippen LogP contribution in [0, 0.1) is 11.3 Å². The number of halogens is 3. The summed E-state index contributed by atoms with van der Waals surface area (Å²) in [5.41, 5.74) is -1.20. The van der Waals surface area contributed by atoms with Crippen LogP contribution < -0.4 is 5.32 Å². The van der Waals surface area contributed by atoms with E-state index in [-0.39, 0.29) is 11.1 Å². The van der Waals surface area contributed by atoms with E-state index < -0.39 is 75.1 Å². The van der Waals surface area contributed by atoms with Crippen molar-refractivity contribution in [3.05, 3.63) is 65.2 Å². The lowest BCUT2D eigenvalue weighted by molar-refractivity contribution is -0.139. The zero-order valence-corrected chi connectivity index (χ0v) is 19.6. The number of likely N-dealkylation sites (tertiary alicyclic amines) is 1. The van der Waals surface area contributed by atoms with Crippen LogP contribution in [0.4, 0.5) is 13.2 Å². The Balaban J connectivity index is 1.98. The number of rotatable bonds is 6. The lowest BCUT2D eigenvalue weighted by Gasteiger charge is -2.23. The molecule has 13 heteroatoms. The van der Waals surface area contributed by atoms with E-state index in [1.807, 2.05) is 0 Å². The highest BCUT2D eigenvalue weighted by Crippen LogP contribution is 2.37. The van der Waals surface area contributed by atoms with Crippen molar-refractivity contribution in [3.63, 3.8) is 0 Å². The number of benzene rings is 2. The molecule has 36 heavy (non-hydrogen) atoms. The normalized spacial score (nSPS) is 17.8. The van der Waals surface area contributed by atoms with E-state index >= 15 is 0 Å². The predicted octanol–water partition coefficient (Wildman–Crippen LogP) is 2.19. The fourth-order valence-corrected chi connectivity index (χ4v) is 5.81. The number of nitrogens with one attached hydrogen (secondary N) is 1. The van der Waals surface area contributed by atoms with Gasteiger partial charge in [0.2, 0.25) is 5.91 Å². The minimum absolute atomic E-state index is 0.00877. The highest BCUT2D eigenvalue weighted by Gasteiger charge is 2.47. The Morgan fingerprint density at radius 2 is 1.72 bits per heavy atom. The Bertz CT molecular complexity index is 1320. The quantitative estimate of drug-likeness (QED) is 0.453. The van der Waals surface area contributed by atoms with Gasteiger partial charge in [-0.3, -0.25) is 9.59 Å². The van der Waals surface area contributed by atoms with Crippen LogP contribution >= 0.6 is 0 Å². The number of carbonyl (C=O) groups is 3. The molecular weight excluding hydrogens is 503 g/mol. The van der Waals surface area contributed by atoms with Gasteiger partial charge >= 0.3 is 12.1 Å². The third kappa shape index (κ3) is 5.33. The molecular formula is C23H20F3N3O6S. The second kappa shape index (κ2) is 10.4. The molecule has 2 aromatic carbocycles. The number of nitrogens with zero attached hydrogens (tertiary/aromatic N) is 2. The van der Waals surface area contributed by atoms with Gasteiger partial charge in [-0.2, -0.15) is 18.4 Å². The van der Waals surface area contributed by atoms with Crippen molar-refractivity contribution in [3.8, 4) is 6.07 Å². The van der Waals surface area contributed by atoms with Gasteiger partial charge in [0.05, 0.1) is 34.5 Å². The molecule has 1 fully saturated rings. The maximum atomic E-state index is 13.5. The first-order valence-electron chi connectivity index (χ1n) is 10.5. The van der Waals surface area contributed by atoms with Gasteiger partial charge in [-0.1, -0.05) is 12.1 Å². The molecule has 2 amide bonds. The fourth-order valence-electron chi connectivity index (χ4n) is 3.90. The summed E-state index contributed by atoms with van der Waals surface area (Å²) in [5.74, 6) is -2.25. The molecule has 0 radical (unpaired) electrons. The van der Waals surface area contributed by atoms with Crippen LogP contribution in [0.2, 0.25) is 0 Å². The van der Waals surface area contributed by atoms with E-state index in [0.717, 1.165) is 23.1 Å². The smallest absolute Gasteiger partial charge is 0.417 e. The molecule has 0 aliphatic carbocycles. The summed E-state index contributed by atoms with van der Waals surface area (Å²) in [5, 5.41) is 9.50. The minimum Gasteiger partial charge on any atom is -0.465 e. The van der Waals surface area contributed by atoms with Gasteiger partial charge in [0.15, 0.2) is 9.84 Å². The third-order valence-corrected chi connectivity index (χ3v) is 7.85. The Morgan fingerprint density at radius 3 is 2.31 bits per heavy atom. The second-order valence-corrected chi connectivity index (χ2v) is 10.0. The Morgan fingerprint density at radius 1 is 1.11 bits per heavy atom. The van der Waals surface area contributed by atoms with E-state index in [9.17, 15) is 36.0 Å². The van der Waals surface area contributed by atoms with Gasteiger partial charge in [0, 0.05) is 12.1 Å². The van der Waals surface area contributed by atoms with Gasteiger partial charge in [0.25, 0.3) is 5.91 Å². The van der Waals surface area contributed by atoms with Crippen LogP contribution in [-0.4, -0.2) is 62.6 Å². The molecule has 1 heterocycles. The second-order valence-electron chi connectivity index (χ2n) is 7.81. The van der Waals surface area contributed by atoms with Gasteiger partial charge in [0.1, 0.15) is 12.6 Å². The van der Waals surface area contributed by atoms with E-state index in [2.05, 4.69) is 10.1 Å². The molecule has 2 aromatic rings. The van der Waals surface area contributed by atoms with E-state index in [1.165, 1.54) is 31.4 Å². The molecule has 0 unspecified atom stereocenters. The van der Waals surface area contributed by atoms with Gasteiger partial charge < -0.3 is 15.0 Å². The summed E-state index contributed by atoms with van der Waals surface area (Å²) in [6.45, 7) is -0.976. The lowest BCUT2D eigenvalue weighted by atomic mass is 10.1. The molecule has 0 saturated carbocycles. The first kappa shape index (κ1) is 26.7. The predicted molar refractivity (Wildman–Crippen MR) is 118 cm³/mol. The molecule has 2 atom stereocenters. The Kier molecular flexibility index (Phi) is 7.68. The molecule has 1 aliphatic rings. The van der Waals surface area contributed by atoms with Crippen LogP contribution in [-0.2, 0) is 25.5 Å². The summed E-state index contributed by atoms with van der Waals surface area (Å²) in [7, 11) is -3.46. The van der Waals surface area contributed by atoms with Crippen molar-refractivity contribution in [2.45, 2.75) is 28.8 Å². The number of methoxy groups -OCH3 is 1. The van der Waals surface area contributed by atoms with Crippen molar-refractivity contribution in [2.24, 2.45) is 0 Å². The number of carbonyl (C=O) groups excluding carboxylic acids is 3. The number of hydrogen-bond acceptors (Lipinski definition) is 7. The molecule has 1 aliphatic heterocycles. The number of ether oxygens (including phenoxy) is 1. The Hall–Kier alpha value is -3.92. The van der Waals surface area contributed by atoms with Crippen molar-refractivity contribution in [1.29, 1.82) is 5.26 Å². The first-order chi connectivity index (χ1) is 16.9. The highest BCUT2D eigenvalue weighted by molar-refractivity contribution is 7.92. The molecule has 0 aromatic heterocycles. The minimum atomic E-state index is -4.94. The van der Waals surface area contributed by atoms with Crippen LogP contribution in [0.25, 0.3) is 0 Å². The largest absolute Gasteiger partial charge is 0.465 e. The monoisotopic (exact) mass is 523 g/mol. The van der Waals surface area contributed by atoms with Crippen molar-refractivity contribution < 1.29 is 40.7 Å². The summed E-state index contributed by atoms with van der Waals surface area (Å²) in [6, 6.07) is 9.17. The molecule has 0 spiro atoms. The SMILES string of the molecule is COC(=O)c1ccc(C(=O)N2C[C@H](S(=O)(=O)c3ccccc3C(F)(F)F)C[C@H]2C(=O)NCC#N)cc1. The molecule has 3 rings (SSSR count). The van der Waals surface area contributed by atoms with Crippen LogP contribution in [0.15, 0.2) is 53.4 Å². The average Bonchev–Trinajstić information content (AvgIpc) is 3.32. The summed E-state index contributed by atoms with van der Waals surface area (Å²) >= 11 is 0. The molecule has 190 valence electrons. The highest BCUT2D eigenvalue weighted by atomic mass is 32.2. The topological polar surface area (TPSA) is 134 Å². The fraction of sp³-hybridized carbons (Fsp3) is 0.304. The zero-order valence-electron chi connectivity index (χ0n) is 18.8. The molecule has 0 bridgehead atoms. The van der Waals surface area contributed by atoms with Gasteiger partial charge in [-0.15, -0.1) is 0 Å². The zero-order chi connectivity index (χ0) is 26.7. The van der Waals surface area contributed by atoms with Crippen molar-refractivity contribution in [1.82, 2.24) is 10.2 Å².